The largest absolute Gasteiger partial charge is 0.396 e. The van der Waals surface area contributed by atoms with Crippen LogP contribution in [0.2, 0.25) is 0 Å². The minimum atomic E-state index is -0.239. The van der Waals surface area contributed by atoms with Crippen LogP contribution in [0.1, 0.15) is 24.5 Å². The molecule has 1 atom stereocenters. The first kappa shape index (κ1) is 14.6. The lowest BCUT2D eigenvalue weighted by Crippen LogP contribution is -2.36. The van der Waals surface area contributed by atoms with Gasteiger partial charge in [-0.2, -0.15) is 0 Å². The Morgan fingerprint density at radius 3 is 2.77 bits per heavy atom. The first-order valence-corrected chi connectivity index (χ1v) is 7.57. The average Bonchev–Trinajstić information content (AvgIpc) is 2.84. The number of hydrogen-bond acceptors (Lipinski definition) is 2. The van der Waals surface area contributed by atoms with Gasteiger partial charge in [-0.05, 0) is 54.2 Å². The minimum Gasteiger partial charge on any atom is -0.396 e. The number of aliphatic hydroxyl groups excluding tert-OH is 1. The number of nitrogens with one attached hydrogen (secondary N) is 2. The quantitative estimate of drug-likeness (QED) is 0.692. The molecule has 0 aliphatic heterocycles. The number of fused-ring (bicyclic) bond motifs is 3. The number of urea groups is 1. The molecule has 0 unspecified atom stereocenters. The maximum atomic E-state index is 11.9. The van der Waals surface area contributed by atoms with E-state index in [0.29, 0.717) is 6.42 Å². The van der Waals surface area contributed by atoms with Gasteiger partial charge in [0.05, 0.1) is 0 Å². The van der Waals surface area contributed by atoms with Crippen molar-refractivity contribution in [2.45, 2.75) is 25.8 Å². The molecule has 1 aliphatic rings. The Kier molecular flexibility index (Phi) is 4.11. The summed E-state index contributed by atoms with van der Waals surface area (Å²) in [5.74, 6) is 0. The zero-order valence-corrected chi connectivity index (χ0v) is 12.6. The topological polar surface area (TPSA) is 61.4 Å². The first-order valence-electron chi connectivity index (χ1n) is 7.57. The van der Waals surface area contributed by atoms with Crippen molar-refractivity contribution in [2.24, 2.45) is 0 Å². The minimum absolute atomic E-state index is 0.0521. The monoisotopic (exact) mass is 296 g/mol. The van der Waals surface area contributed by atoms with E-state index in [1.807, 2.05) is 19.1 Å². The normalized spacial score (nSPS) is 13.2. The molecule has 1 aliphatic carbocycles. The van der Waals surface area contributed by atoms with Crippen LogP contribution in [-0.4, -0.2) is 23.8 Å². The highest BCUT2D eigenvalue weighted by Crippen LogP contribution is 2.37. The van der Waals surface area contributed by atoms with Crippen LogP contribution in [0, 0.1) is 0 Å². The molecule has 0 heterocycles. The lowest BCUT2D eigenvalue weighted by atomic mass is 10.1. The van der Waals surface area contributed by atoms with Gasteiger partial charge in [-0.25, -0.2) is 4.79 Å². The van der Waals surface area contributed by atoms with Gasteiger partial charge < -0.3 is 15.7 Å². The Bertz CT molecular complexity index is 697. The van der Waals surface area contributed by atoms with E-state index in [0.717, 1.165) is 12.1 Å². The summed E-state index contributed by atoms with van der Waals surface area (Å²) in [7, 11) is 0. The maximum Gasteiger partial charge on any atom is 0.319 e. The Morgan fingerprint density at radius 2 is 1.95 bits per heavy atom. The summed E-state index contributed by atoms with van der Waals surface area (Å²) in [4.78, 5) is 11.9. The van der Waals surface area contributed by atoms with Gasteiger partial charge >= 0.3 is 6.03 Å². The number of benzene rings is 2. The molecular weight excluding hydrogens is 276 g/mol. The number of rotatable bonds is 4. The maximum absolute atomic E-state index is 11.9. The number of aliphatic hydroxyl groups is 1. The standard InChI is InChI=1S/C18H20N2O2/c1-12(8-9-21)19-18(22)20-15-6-7-17-14(11-15)10-13-4-2-3-5-16(13)17/h2-7,11-12,21H,8-10H2,1H3,(H2,19,20,22)/t12-/m1/s1. The summed E-state index contributed by atoms with van der Waals surface area (Å²) in [6.45, 7) is 1.94. The smallest absolute Gasteiger partial charge is 0.319 e. The Balaban J connectivity index is 1.71. The lowest BCUT2D eigenvalue weighted by molar-refractivity contribution is 0.241. The fourth-order valence-electron chi connectivity index (χ4n) is 2.88. The van der Waals surface area contributed by atoms with Crippen LogP contribution < -0.4 is 10.6 Å². The molecule has 0 spiro atoms. The Labute approximate surface area is 130 Å². The molecule has 0 aromatic heterocycles. The average molecular weight is 296 g/mol. The molecule has 4 heteroatoms. The van der Waals surface area contributed by atoms with Crippen molar-refractivity contribution in [3.8, 4) is 11.1 Å². The Hall–Kier alpha value is -2.33. The summed E-state index contributed by atoms with van der Waals surface area (Å²) in [6.07, 6.45) is 1.45. The fourth-order valence-corrected chi connectivity index (χ4v) is 2.88. The van der Waals surface area contributed by atoms with Crippen molar-refractivity contribution >= 4 is 11.7 Å². The van der Waals surface area contributed by atoms with Gasteiger partial charge in [0, 0.05) is 18.3 Å². The predicted octanol–water partition coefficient (Wildman–Crippen LogP) is 3.15. The SMILES string of the molecule is C[C@H](CCO)NC(=O)Nc1ccc2c(c1)Cc1ccccc1-2. The van der Waals surface area contributed by atoms with Crippen molar-refractivity contribution in [3.63, 3.8) is 0 Å². The summed E-state index contributed by atoms with van der Waals surface area (Å²) in [6, 6.07) is 14.1. The summed E-state index contributed by atoms with van der Waals surface area (Å²) in [5.41, 5.74) is 5.89. The van der Waals surface area contributed by atoms with Gasteiger partial charge in [-0.3, -0.25) is 0 Å². The van der Waals surface area contributed by atoms with E-state index in [1.165, 1.54) is 22.3 Å². The Morgan fingerprint density at radius 1 is 1.18 bits per heavy atom. The van der Waals surface area contributed by atoms with Crippen molar-refractivity contribution in [3.05, 3.63) is 53.6 Å². The molecule has 2 amide bonds. The zero-order chi connectivity index (χ0) is 15.5. The molecule has 2 aromatic carbocycles. The second-order valence-electron chi connectivity index (χ2n) is 5.72. The molecule has 0 fully saturated rings. The molecule has 114 valence electrons. The third-order valence-electron chi connectivity index (χ3n) is 3.99. The number of hydrogen-bond donors (Lipinski definition) is 3. The van der Waals surface area contributed by atoms with Crippen LogP contribution in [0.5, 0.6) is 0 Å². The molecule has 3 rings (SSSR count). The van der Waals surface area contributed by atoms with Gasteiger partial charge in [0.25, 0.3) is 0 Å². The van der Waals surface area contributed by atoms with Gasteiger partial charge in [0.1, 0.15) is 0 Å². The van der Waals surface area contributed by atoms with Crippen molar-refractivity contribution in [2.75, 3.05) is 11.9 Å². The second-order valence-corrected chi connectivity index (χ2v) is 5.72. The molecule has 3 N–H and O–H groups in total. The third-order valence-corrected chi connectivity index (χ3v) is 3.99. The van der Waals surface area contributed by atoms with Crippen LogP contribution in [0.25, 0.3) is 11.1 Å². The highest BCUT2D eigenvalue weighted by atomic mass is 16.3. The van der Waals surface area contributed by atoms with Crippen LogP contribution >= 0.6 is 0 Å². The van der Waals surface area contributed by atoms with E-state index in [1.54, 1.807) is 0 Å². The van der Waals surface area contributed by atoms with Crippen LogP contribution in [0.15, 0.2) is 42.5 Å². The van der Waals surface area contributed by atoms with Gasteiger partial charge in [-0.1, -0.05) is 30.3 Å². The van der Waals surface area contributed by atoms with Gasteiger partial charge in [-0.15, -0.1) is 0 Å². The lowest BCUT2D eigenvalue weighted by Gasteiger charge is -2.14. The molecule has 0 radical (unpaired) electrons. The van der Waals surface area contributed by atoms with Gasteiger partial charge in [0.2, 0.25) is 0 Å². The fraction of sp³-hybridized carbons (Fsp3) is 0.278. The van der Waals surface area contributed by atoms with E-state index in [-0.39, 0.29) is 18.7 Å². The number of anilines is 1. The number of amides is 2. The molecular formula is C18H20N2O2. The van der Waals surface area contributed by atoms with Crippen molar-refractivity contribution < 1.29 is 9.90 Å². The number of carbonyl (C=O) groups excluding carboxylic acids is 1. The predicted molar refractivity (Wildman–Crippen MR) is 88.0 cm³/mol. The van der Waals surface area contributed by atoms with E-state index in [2.05, 4.69) is 41.0 Å². The zero-order valence-electron chi connectivity index (χ0n) is 12.6. The summed E-state index contributed by atoms with van der Waals surface area (Å²) in [5, 5.41) is 14.5. The van der Waals surface area contributed by atoms with Gasteiger partial charge in [0.15, 0.2) is 0 Å². The highest BCUT2D eigenvalue weighted by molar-refractivity contribution is 5.90. The van der Waals surface area contributed by atoms with E-state index in [9.17, 15) is 4.79 Å². The van der Waals surface area contributed by atoms with Crippen molar-refractivity contribution in [1.82, 2.24) is 5.32 Å². The second kappa shape index (κ2) is 6.20. The highest BCUT2D eigenvalue weighted by Gasteiger charge is 2.18. The molecule has 4 nitrogen and oxygen atoms in total. The van der Waals surface area contributed by atoms with Crippen LogP contribution in [0.3, 0.4) is 0 Å². The molecule has 0 saturated carbocycles. The van der Waals surface area contributed by atoms with E-state index < -0.39 is 0 Å². The molecule has 22 heavy (non-hydrogen) atoms. The number of carbonyl (C=O) groups is 1. The molecule has 0 bridgehead atoms. The van der Waals surface area contributed by atoms with Crippen LogP contribution in [0.4, 0.5) is 10.5 Å². The van der Waals surface area contributed by atoms with Crippen molar-refractivity contribution in [1.29, 1.82) is 0 Å². The van der Waals surface area contributed by atoms with Crippen LogP contribution in [-0.2, 0) is 6.42 Å². The summed E-state index contributed by atoms with van der Waals surface area (Å²) >= 11 is 0. The first-order chi connectivity index (χ1) is 10.7. The summed E-state index contributed by atoms with van der Waals surface area (Å²) < 4.78 is 0. The molecule has 0 saturated heterocycles. The third kappa shape index (κ3) is 2.97. The molecule has 2 aromatic rings. The van der Waals surface area contributed by atoms with E-state index in [4.69, 9.17) is 5.11 Å². The van der Waals surface area contributed by atoms with E-state index >= 15 is 0 Å².